The van der Waals surface area contributed by atoms with E-state index < -0.39 is 11.9 Å². The molecule has 0 aromatic carbocycles. The summed E-state index contributed by atoms with van der Waals surface area (Å²) in [5.74, 6) is -0.940. The third-order valence-electron chi connectivity index (χ3n) is 2.81. The summed E-state index contributed by atoms with van der Waals surface area (Å²) in [6.07, 6.45) is 3.18. The molecule has 1 N–H and O–H groups in total. The molecule has 0 radical (unpaired) electrons. The van der Waals surface area contributed by atoms with Crippen LogP contribution in [-0.4, -0.2) is 33.5 Å². The number of rotatable bonds is 4. The summed E-state index contributed by atoms with van der Waals surface area (Å²) in [4.78, 5) is 26.8. The molecule has 0 aliphatic heterocycles. The molecule has 0 saturated carbocycles. The lowest BCUT2D eigenvalue weighted by Crippen LogP contribution is -2.03. The first-order valence-corrected chi connectivity index (χ1v) is 5.91. The number of ether oxygens (including phenoxy) is 1. The first-order chi connectivity index (χ1) is 9.08. The van der Waals surface area contributed by atoms with Crippen LogP contribution < -0.4 is 0 Å². The van der Waals surface area contributed by atoms with E-state index in [0.717, 1.165) is 6.42 Å². The number of hydrogen-bond acceptors (Lipinski definition) is 4. The molecule has 0 atom stereocenters. The van der Waals surface area contributed by atoms with Crippen molar-refractivity contribution in [3.05, 3.63) is 35.4 Å². The second kappa shape index (κ2) is 5.09. The molecule has 0 unspecified atom stereocenters. The third-order valence-corrected chi connectivity index (χ3v) is 2.81. The van der Waals surface area contributed by atoms with Gasteiger partial charge in [0.2, 0.25) is 0 Å². The highest BCUT2D eigenvalue weighted by Crippen LogP contribution is 2.17. The van der Waals surface area contributed by atoms with Crippen molar-refractivity contribution in [2.75, 3.05) is 7.11 Å². The maximum Gasteiger partial charge on any atom is 0.356 e. The zero-order valence-electron chi connectivity index (χ0n) is 10.7. The molecule has 6 nitrogen and oxygen atoms in total. The normalized spacial score (nSPS) is 10.6. The summed E-state index contributed by atoms with van der Waals surface area (Å²) in [6.45, 7) is 1.99. The Morgan fingerprint density at radius 1 is 1.47 bits per heavy atom. The predicted molar refractivity (Wildman–Crippen MR) is 67.5 cm³/mol. The van der Waals surface area contributed by atoms with Crippen LogP contribution in [0.15, 0.2) is 18.3 Å². The van der Waals surface area contributed by atoms with Crippen LogP contribution >= 0.6 is 0 Å². The number of carbonyl (C=O) groups excluding carboxylic acids is 1. The molecule has 2 aromatic heterocycles. The lowest BCUT2D eigenvalue weighted by atomic mass is 10.2. The van der Waals surface area contributed by atoms with Gasteiger partial charge in [-0.3, -0.25) is 0 Å². The molecular weight excluding hydrogens is 248 g/mol. The fourth-order valence-corrected chi connectivity index (χ4v) is 1.95. The number of aryl methyl sites for hydroxylation is 1. The molecule has 0 aliphatic rings. The zero-order chi connectivity index (χ0) is 14.0. The minimum absolute atomic E-state index is 0.0470. The molecule has 0 fully saturated rings. The van der Waals surface area contributed by atoms with Gasteiger partial charge in [-0.05, 0) is 18.6 Å². The fourth-order valence-electron chi connectivity index (χ4n) is 1.95. The fraction of sp³-hybridized carbons (Fsp3) is 0.308. The van der Waals surface area contributed by atoms with Gasteiger partial charge in [-0.25, -0.2) is 14.6 Å². The van der Waals surface area contributed by atoms with E-state index in [1.165, 1.54) is 13.2 Å². The van der Waals surface area contributed by atoms with Gasteiger partial charge in [0.1, 0.15) is 5.82 Å². The van der Waals surface area contributed by atoms with Gasteiger partial charge in [-0.1, -0.05) is 6.92 Å². The molecule has 19 heavy (non-hydrogen) atoms. The molecule has 100 valence electrons. The van der Waals surface area contributed by atoms with Crippen molar-refractivity contribution in [2.24, 2.45) is 0 Å². The number of methoxy groups -OCH3 is 1. The first-order valence-electron chi connectivity index (χ1n) is 5.91. The van der Waals surface area contributed by atoms with Gasteiger partial charge in [-0.15, -0.1) is 0 Å². The molecule has 0 bridgehead atoms. The Balaban J connectivity index is 2.65. The van der Waals surface area contributed by atoms with Gasteiger partial charge >= 0.3 is 11.9 Å². The van der Waals surface area contributed by atoms with Crippen LogP contribution in [0.1, 0.15) is 40.0 Å². The van der Waals surface area contributed by atoms with E-state index in [9.17, 15) is 9.59 Å². The number of carboxylic acids is 1. The highest BCUT2D eigenvalue weighted by molar-refractivity contribution is 5.96. The lowest BCUT2D eigenvalue weighted by Gasteiger charge is -2.02. The Bertz CT molecular complexity index is 645. The van der Waals surface area contributed by atoms with Crippen LogP contribution in [0.4, 0.5) is 0 Å². The van der Waals surface area contributed by atoms with Gasteiger partial charge < -0.3 is 14.2 Å². The standard InChI is InChI=1S/C13H14N2O4/c1-3-4-10-14-11(12(16)17)9-7-8(13(18)19-2)5-6-15(9)10/h5-7H,3-4H2,1-2H3,(H,16,17). The van der Waals surface area contributed by atoms with Crippen LogP contribution in [0.5, 0.6) is 0 Å². The van der Waals surface area contributed by atoms with E-state index in [2.05, 4.69) is 9.72 Å². The number of hydrogen-bond donors (Lipinski definition) is 1. The maximum absolute atomic E-state index is 11.5. The van der Waals surface area contributed by atoms with Gasteiger partial charge in [0, 0.05) is 12.6 Å². The van der Waals surface area contributed by atoms with Crippen LogP contribution in [-0.2, 0) is 11.2 Å². The Hall–Kier alpha value is -2.37. The second-order valence-corrected chi connectivity index (χ2v) is 4.09. The van der Waals surface area contributed by atoms with Gasteiger partial charge in [0.15, 0.2) is 5.69 Å². The Morgan fingerprint density at radius 2 is 2.21 bits per heavy atom. The number of esters is 1. The number of nitrogens with zero attached hydrogens (tertiary/aromatic N) is 2. The average molecular weight is 262 g/mol. The molecule has 6 heteroatoms. The zero-order valence-corrected chi connectivity index (χ0v) is 10.7. The van der Waals surface area contributed by atoms with E-state index >= 15 is 0 Å². The summed E-state index contributed by atoms with van der Waals surface area (Å²) < 4.78 is 6.32. The molecule has 0 spiro atoms. The molecule has 0 saturated heterocycles. The Kier molecular flexibility index (Phi) is 3.50. The number of aromatic nitrogens is 2. The van der Waals surface area contributed by atoms with Gasteiger partial charge in [-0.2, -0.15) is 0 Å². The minimum atomic E-state index is -1.11. The number of pyridine rings is 1. The molecule has 2 aromatic rings. The van der Waals surface area contributed by atoms with Gasteiger partial charge in [0.25, 0.3) is 0 Å². The first kappa shape index (κ1) is 13.1. The Morgan fingerprint density at radius 3 is 2.79 bits per heavy atom. The second-order valence-electron chi connectivity index (χ2n) is 4.09. The third kappa shape index (κ3) is 2.29. The maximum atomic E-state index is 11.5. The predicted octanol–water partition coefficient (Wildman–Crippen LogP) is 1.77. The molecular formula is C13H14N2O4. The molecule has 0 amide bonds. The van der Waals surface area contributed by atoms with Crippen LogP contribution in [0.3, 0.4) is 0 Å². The smallest absolute Gasteiger partial charge is 0.356 e. The molecule has 2 rings (SSSR count). The van der Waals surface area contributed by atoms with Crippen LogP contribution in [0.25, 0.3) is 5.52 Å². The van der Waals surface area contributed by atoms with Crippen molar-refractivity contribution in [1.29, 1.82) is 0 Å². The van der Waals surface area contributed by atoms with Crippen molar-refractivity contribution in [3.63, 3.8) is 0 Å². The molecule has 2 heterocycles. The SMILES string of the molecule is CCCc1nc(C(=O)O)c2cc(C(=O)OC)ccn12. The highest BCUT2D eigenvalue weighted by atomic mass is 16.5. The molecule has 0 aliphatic carbocycles. The number of imidazole rings is 1. The number of fused-ring (bicyclic) bond motifs is 1. The topological polar surface area (TPSA) is 80.9 Å². The Labute approximate surface area is 109 Å². The van der Waals surface area contributed by atoms with E-state index in [-0.39, 0.29) is 5.69 Å². The quantitative estimate of drug-likeness (QED) is 0.849. The van der Waals surface area contributed by atoms with Crippen molar-refractivity contribution in [2.45, 2.75) is 19.8 Å². The van der Waals surface area contributed by atoms with E-state index in [0.29, 0.717) is 23.3 Å². The monoisotopic (exact) mass is 262 g/mol. The number of carbonyl (C=O) groups is 2. The van der Waals surface area contributed by atoms with Crippen molar-refractivity contribution in [3.8, 4) is 0 Å². The number of aromatic carboxylic acids is 1. The van der Waals surface area contributed by atoms with Crippen LogP contribution in [0, 0.1) is 0 Å². The van der Waals surface area contributed by atoms with E-state index in [1.54, 1.807) is 16.7 Å². The van der Waals surface area contributed by atoms with Crippen LogP contribution in [0.2, 0.25) is 0 Å². The van der Waals surface area contributed by atoms with Gasteiger partial charge in [0.05, 0.1) is 18.2 Å². The van der Waals surface area contributed by atoms with Crippen molar-refractivity contribution in [1.82, 2.24) is 9.38 Å². The number of carboxylic acid groups (broad SMARTS) is 1. The summed E-state index contributed by atoms with van der Waals surface area (Å²) in [5.41, 5.74) is 0.661. The summed E-state index contributed by atoms with van der Waals surface area (Å²) >= 11 is 0. The largest absolute Gasteiger partial charge is 0.476 e. The summed E-state index contributed by atoms with van der Waals surface area (Å²) in [6, 6.07) is 3.08. The van der Waals surface area contributed by atoms with E-state index in [1.807, 2.05) is 6.92 Å². The average Bonchev–Trinajstić information content (AvgIpc) is 2.76. The summed E-state index contributed by atoms with van der Waals surface area (Å²) in [5, 5.41) is 9.16. The summed E-state index contributed by atoms with van der Waals surface area (Å²) in [7, 11) is 1.28. The highest BCUT2D eigenvalue weighted by Gasteiger charge is 2.18. The van der Waals surface area contributed by atoms with E-state index in [4.69, 9.17) is 5.11 Å². The van der Waals surface area contributed by atoms with Crippen molar-refractivity contribution >= 4 is 17.5 Å². The lowest BCUT2D eigenvalue weighted by molar-refractivity contribution is 0.0599. The minimum Gasteiger partial charge on any atom is -0.476 e. The van der Waals surface area contributed by atoms with Crippen molar-refractivity contribution < 1.29 is 19.4 Å².